The molecule has 12 heteroatoms. The number of carbonyl (C=O) groups excluding carboxylic acids is 1. The Hall–Kier alpha value is -2.76. The number of amides is 1. The molecule has 2 aromatic rings. The predicted octanol–water partition coefficient (Wildman–Crippen LogP) is 3.56. The van der Waals surface area contributed by atoms with Gasteiger partial charge in [0.15, 0.2) is 5.13 Å². The predicted molar refractivity (Wildman–Crippen MR) is 108 cm³/mol. The topological polar surface area (TPSA) is 96.6 Å². The van der Waals surface area contributed by atoms with Gasteiger partial charge in [0.2, 0.25) is 5.91 Å². The number of non-ortho nitro benzene ring substituents is 1. The third-order valence-corrected chi connectivity index (χ3v) is 6.92. The van der Waals surface area contributed by atoms with E-state index >= 15 is 0 Å². The highest BCUT2D eigenvalue weighted by Gasteiger charge is 2.35. The van der Waals surface area contributed by atoms with E-state index in [0.29, 0.717) is 25.2 Å². The lowest BCUT2D eigenvalue weighted by Gasteiger charge is -2.40. The van der Waals surface area contributed by atoms with Crippen LogP contribution in [0.15, 0.2) is 16.9 Å². The van der Waals surface area contributed by atoms with Crippen molar-refractivity contribution in [3.8, 4) is 0 Å². The fraction of sp³-hybridized carbons (Fsp3) is 0.526. The van der Waals surface area contributed by atoms with Gasteiger partial charge in [0.25, 0.3) is 11.2 Å². The summed E-state index contributed by atoms with van der Waals surface area (Å²) in [7, 11) is 0. The minimum atomic E-state index is -4.84. The molecule has 1 aromatic heterocycles. The number of fused-ring (bicyclic) bond motifs is 1. The molecule has 1 saturated heterocycles. The van der Waals surface area contributed by atoms with E-state index in [4.69, 9.17) is 0 Å². The second-order valence-corrected chi connectivity index (χ2v) is 8.71. The van der Waals surface area contributed by atoms with Crippen molar-refractivity contribution in [2.45, 2.75) is 44.3 Å². The molecule has 0 atom stereocenters. The molecule has 1 aromatic carbocycles. The van der Waals surface area contributed by atoms with E-state index in [9.17, 15) is 32.9 Å². The SMILES string of the molecule is O=C1CN(c2nc(=O)c3cc(C(F)(F)F)cc([N+](=O)[O-])c3s2)CCN1C1CCCCC1. The molecule has 1 aliphatic carbocycles. The Balaban J connectivity index is 1.68. The van der Waals surface area contributed by atoms with Crippen LogP contribution >= 0.6 is 11.3 Å². The van der Waals surface area contributed by atoms with E-state index in [-0.39, 0.29) is 28.3 Å². The summed E-state index contributed by atoms with van der Waals surface area (Å²) in [6.45, 7) is 0.809. The Morgan fingerprint density at radius 3 is 2.45 bits per heavy atom. The molecular weight excluding hydrogens is 437 g/mol. The lowest BCUT2D eigenvalue weighted by Crippen LogP contribution is -2.54. The van der Waals surface area contributed by atoms with Gasteiger partial charge in [-0.2, -0.15) is 18.2 Å². The van der Waals surface area contributed by atoms with Gasteiger partial charge in [-0.3, -0.25) is 19.7 Å². The number of hydrogen-bond donors (Lipinski definition) is 0. The standard InChI is InChI=1S/C19H19F3N4O4S/c20-19(21,22)11-8-13-16(14(9-11)26(29)30)31-18(23-17(13)28)24-6-7-25(15(27)10-24)12-4-2-1-3-5-12/h8-9,12H,1-7,10H2. The van der Waals surface area contributed by atoms with E-state index < -0.39 is 33.3 Å². The van der Waals surface area contributed by atoms with Crippen LogP contribution in [0.25, 0.3) is 10.1 Å². The van der Waals surface area contributed by atoms with Crippen LogP contribution in [0.3, 0.4) is 0 Å². The van der Waals surface area contributed by atoms with E-state index in [1.54, 1.807) is 4.90 Å². The number of alkyl halides is 3. The van der Waals surface area contributed by atoms with Crippen LogP contribution in [-0.4, -0.2) is 46.4 Å². The molecule has 2 fully saturated rings. The maximum atomic E-state index is 13.1. The zero-order valence-electron chi connectivity index (χ0n) is 16.4. The number of nitro benzene ring substituents is 1. The van der Waals surface area contributed by atoms with Crippen LogP contribution < -0.4 is 10.5 Å². The molecule has 0 spiro atoms. The normalized spacial score (nSPS) is 18.6. The minimum absolute atomic E-state index is 0.0284. The van der Waals surface area contributed by atoms with Crippen molar-refractivity contribution in [3.63, 3.8) is 0 Å². The van der Waals surface area contributed by atoms with Crippen LogP contribution in [0.4, 0.5) is 24.0 Å². The number of nitrogens with zero attached hydrogens (tertiary/aromatic N) is 4. The van der Waals surface area contributed by atoms with Crippen LogP contribution in [0.2, 0.25) is 0 Å². The molecule has 1 saturated carbocycles. The summed E-state index contributed by atoms with van der Waals surface area (Å²) < 4.78 is 39.1. The monoisotopic (exact) mass is 456 g/mol. The van der Waals surface area contributed by atoms with Gasteiger partial charge in [0.05, 0.1) is 22.4 Å². The number of halogens is 3. The number of carbonyl (C=O) groups is 1. The van der Waals surface area contributed by atoms with Gasteiger partial charge in [-0.25, -0.2) is 0 Å². The summed E-state index contributed by atoms with van der Waals surface area (Å²) in [6, 6.07) is 1.21. The zero-order chi connectivity index (χ0) is 22.3. The summed E-state index contributed by atoms with van der Waals surface area (Å²) >= 11 is 0.756. The first-order valence-electron chi connectivity index (χ1n) is 9.90. The number of anilines is 1. The Kier molecular flexibility index (Phi) is 5.58. The number of nitro groups is 1. The molecule has 166 valence electrons. The molecule has 0 N–H and O–H groups in total. The van der Waals surface area contributed by atoms with Gasteiger partial charge in [-0.1, -0.05) is 30.6 Å². The quantitative estimate of drug-likeness (QED) is 0.518. The maximum absolute atomic E-state index is 13.1. The highest BCUT2D eigenvalue weighted by atomic mass is 32.1. The molecule has 0 bridgehead atoms. The van der Waals surface area contributed by atoms with E-state index in [1.807, 2.05) is 4.90 Å². The molecular formula is C19H19F3N4O4S. The second-order valence-electron chi connectivity index (χ2n) is 7.73. The number of benzene rings is 1. The lowest BCUT2D eigenvalue weighted by molar-refractivity contribution is -0.383. The molecule has 0 radical (unpaired) electrons. The van der Waals surface area contributed by atoms with Crippen LogP contribution in [-0.2, 0) is 11.0 Å². The maximum Gasteiger partial charge on any atom is 0.416 e. The van der Waals surface area contributed by atoms with Gasteiger partial charge in [0, 0.05) is 25.2 Å². The van der Waals surface area contributed by atoms with Crippen LogP contribution in [0, 0.1) is 10.1 Å². The van der Waals surface area contributed by atoms with Crippen molar-refractivity contribution in [1.82, 2.24) is 9.88 Å². The molecule has 1 amide bonds. The van der Waals surface area contributed by atoms with Crippen molar-refractivity contribution in [1.29, 1.82) is 0 Å². The van der Waals surface area contributed by atoms with Gasteiger partial charge in [-0.05, 0) is 18.9 Å². The van der Waals surface area contributed by atoms with Crippen LogP contribution in [0.1, 0.15) is 37.7 Å². The van der Waals surface area contributed by atoms with Gasteiger partial charge < -0.3 is 9.80 Å². The van der Waals surface area contributed by atoms with Gasteiger partial charge in [0.1, 0.15) is 4.70 Å². The Bertz CT molecular complexity index is 1100. The fourth-order valence-corrected chi connectivity index (χ4v) is 5.29. The number of piperazine rings is 1. The Morgan fingerprint density at radius 1 is 1.13 bits per heavy atom. The third kappa shape index (κ3) is 4.21. The van der Waals surface area contributed by atoms with Crippen molar-refractivity contribution in [3.05, 3.63) is 38.2 Å². The number of rotatable bonds is 3. The Labute approximate surface area is 178 Å². The first kappa shape index (κ1) is 21.5. The van der Waals surface area contributed by atoms with E-state index in [1.165, 1.54) is 0 Å². The summed E-state index contributed by atoms with van der Waals surface area (Å²) in [5.41, 5.74) is -3.07. The van der Waals surface area contributed by atoms with Gasteiger partial charge >= 0.3 is 6.18 Å². The lowest BCUT2D eigenvalue weighted by atomic mass is 9.93. The van der Waals surface area contributed by atoms with E-state index in [2.05, 4.69) is 4.98 Å². The van der Waals surface area contributed by atoms with Gasteiger partial charge in [-0.15, -0.1) is 0 Å². The van der Waals surface area contributed by atoms with Crippen molar-refractivity contribution in [2.24, 2.45) is 0 Å². The number of aromatic nitrogens is 1. The summed E-state index contributed by atoms with van der Waals surface area (Å²) in [5.74, 6) is -0.110. The molecule has 31 heavy (non-hydrogen) atoms. The van der Waals surface area contributed by atoms with Crippen LogP contribution in [0.5, 0.6) is 0 Å². The summed E-state index contributed by atoms with van der Waals surface area (Å²) in [4.78, 5) is 42.9. The molecule has 0 unspecified atom stereocenters. The average molecular weight is 456 g/mol. The van der Waals surface area contributed by atoms with Crippen molar-refractivity contribution < 1.29 is 22.9 Å². The molecule has 1 aliphatic heterocycles. The molecule has 2 heterocycles. The zero-order valence-corrected chi connectivity index (χ0v) is 17.2. The average Bonchev–Trinajstić information content (AvgIpc) is 2.72. The highest BCUT2D eigenvalue weighted by Crippen LogP contribution is 2.38. The highest BCUT2D eigenvalue weighted by molar-refractivity contribution is 7.22. The first-order valence-corrected chi connectivity index (χ1v) is 10.7. The summed E-state index contributed by atoms with van der Waals surface area (Å²) in [5, 5.41) is 11.0. The summed E-state index contributed by atoms with van der Waals surface area (Å²) in [6.07, 6.45) is 0.401. The number of hydrogen-bond acceptors (Lipinski definition) is 7. The Morgan fingerprint density at radius 2 is 1.84 bits per heavy atom. The largest absolute Gasteiger partial charge is 0.416 e. The fourth-order valence-electron chi connectivity index (χ4n) is 4.20. The third-order valence-electron chi connectivity index (χ3n) is 5.76. The smallest absolute Gasteiger partial charge is 0.337 e. The first-order chi connectivity index (χ1) is 14.6. The van der Waals surface area contributed by atoms with Crippen molar-refractivity contribution >= 4 is 38.1 Å². The minimum Gasteiger partial charge on any atom is -0.337 e. The molecule has 2 aliphatic rings. The van der Waals surface area contributed by atoms with Crippen molar-refractivity contribution in [2.75, 3.05) is 24.5 Å². The van der Waals surface area contributed by atoms with E-state index in [0.717, 1.165) is 43.4 Å². The molecule has 4 rings (SSSR count). The molecule has 8 nitrogen and oxygen atoms in total. The second kappa shape index (κ2) is 8.06.